The number of carbonyl (C=O) groups is 1. The summed E-state index contributed by atoms with van der Waals surface area (Å²) in [4.78, 5) is 12.8. The molecule has 1 rings (SSSR count). The lowest BCUT2D eigenvalue weighted by Gasteiger charge is -2.19. The maximum atomic E-state index is 11.4. The summed E-state index contributed by atoms with van der Waals surface area (Å²) in [5.41, 5.74) is 1.73. The molecule has 0 radical (unpaired) electrons. The van der Waals surface area contributed by atoms with Gasteiger partial charge in [0.25, 0.3) is 0 Å². The Morgan fingerprint density at radius 3 is 2.45 bits per heavy atom. The van der Waals surface area contributed by atoms with Gasteiger partial charge < -0.3 is 14.7 Å². The molecule has 4 nitrogen and oxygen atoms in total. The Morgan fingerprint density at radius 2 is 1.90 bits per heavy atom. The Bertz CT molecular complexity index is 442. The van der Waals surface area contributed by atoms with Gasteiger partial charge >= 0.3 is 6.09 Å². The van der Waals surface area contributed by atoms with Crippen molar-refractivity contribution >= 4 is 6.09 Å². The SMILES string of the molecule is C=C(C[C@H](C)OC(=O)N(C)C)C[C@H](O)c1ccccc1. The van der Waals surface area contributed by atoms with E-state index in [4.69, 9.17) is 4.74 Å². The molecule has 0 aliphatic heterocycles. The predicted molar refractivity (Wildman–Crippen MR) is 79.4 cm³/mol. The molecule has 0 unspecified atom stereocenters. The van der Waals surface area contributed by atoms with Crippen molar-refractivity contribution in [2.24, 2.45) is 0 Å². The quantitative estimate of drug-likeness (QED) is 0.813. The first kappa shape index (κ1) is 16.2. The van der Waals surface area contributed by atoms with Crippen molar-refractivity contribution in [1.82, 2.24) is 4.90 Å². The van der Waals surface area contributed by atoms with Crippen molar-refractivity contribution in [3.05, 3.63) is 48.0 Å². The van der Waals surface area contributed by atoms with Crippen LogP contribution in [0.4, 0.5) is 4.79 Å². The molecule has 0 saturated carbocycles. The lowest BCUT2D eigenvalue weighted by molar-refractivity contribution is 0.0814. The van der Waals surface area contributed by atoms with Gasteiger partial charge in [-0.3, -0.25) is 0 Å². The van der Waals surface area contributed by atoms with Crippen molar-refractivity contribution in [3.63, 3.8) is 0 Å². The number of rotatable bonds is 6. The average molecular weight is 277 g/mol. The molecule has 4 heteroatoms. The van der Waals surface area contributed by atoms with Crippen LogP contribution in [0.3, 0.4) is 0 Å². The van der Waals surface area contributed by atoms with E-state index in [0.29, 0.717) is 12.8 Å². The van der Waals surface area contributed by atoms with Crippen molar-refractivity contribution in [2.75, 3.05) is 14.1 Å². The van der Waals surface area contributed by atoms with Crippen molar-refractivity contribution < 1.29 is 14.6 Å². The minimum absolute atomic E-state index is 0.250. The number of nitrogens with zero attached hydrogens (tertiary/aromatic N) is 1. The highest BCUT2D eigenvalue weighted by Gasteiger charge is 2.15. The fourth-order valence-electron chi connectivity index (χ4n) is 1.88. The van der Waals surface area contributed by atoms with Crippen LogP contribution in [0, 0.1) is 0 Å². The van der Waals surface area contributed by atoms with Gasteiger partial charge in [0.05, 0.1) is 6.10 Å². The molecular formula is C16H23NO3. The average Bonchev–Trinajstić information content (AvgIpc) is 2.39. The van der Waals surface area contributed by atoms with Gasteiger partial charge in [-0.1, -0.05) is 42.5 Å². The Balaban J connectivity index is 2.42. The molecule has 20 heavy (non-hydrogen) atoms. The molecule has 0 aromatic heterocycles. The van der Waals surface area contributed by atoms with Gasteiger partial charge in [0, 0.05) is 20.5 Å². The second kappa shape index (κ2) is 7.70. The van der Waals surface area contributed by atoms with Crippen LogP contribution in [0.1, 0.15) is 31.4 Å². The molecule has 2 atom stereocenters. The van der Waals surface area contributed by atoms with Crippen molar-refractivity contribution in [2.45, 2.75) is 32.0 Å². The smallest absolute Gasteiger partial charge is 0.409 e. The zero-order chi connectivity index (χ0) is 15.1. The fraction of sp³-hybridized carbons (Fsp3) is 0.438. The van der Waals surface area contributed by atoms with Gasteiger partial charge in [-0.2, -0.15) is 0 Å². The lowest BCUT2D eigenvalue weighted by atomic mass is 9.99. The standard InChI is InChI=1S/C16H23NO3/c1-12(10-13(2)20-16(19)17(3)4)11-15(18)14-8-6-5-7-9-14/h5-9,13,15,18H,1,10-11H2,2-4H3/t13-,15-/m0/s1. The Morgan fingerprint density at radius 1 is 1.30 bits per heavy atom. The zero-order valence-corrected chi connectivity index (χ0v) is 12.4. The minimum Gasteiger partial charge on any atom is -0.446 e. The van der Waals surface area contributed by atoms with E-state index in [1.54, 1.807) is 14.1 Å². The minimum atomic E-state index is -0.569. The monoisotopic (exact) mass is 277 g/mol. The summed E-state index contributed by atoms with van der Waals surface area (Å²) in [6.07, 6.45) is -0.174. The second-order valence-electron chi connectivity index (χ2n) is 5.17. The van der Waals surface area contributed by atoms with Gasteiger partial charge in [0.15, 0.2) is 0 Å². The van der Waals surface area contributed by atoms with Crippen LogP contribution in [0.5, 0.6) is 0 Å². The van der Waals surface area contributed by atoms with Crippen LogP contribution in [0.2, 0.25) is 0 Å². The third kappa shape index (κ3) is 5.45. The van der Waals surface area contributed by atoms with Crippen molar-refractivity contribution in [1.29, 1.82) is 0 Å². The van der Waals surface area contributed by atoms with Crippen LogP contribution >= 0.6 is 0 Å². The first-order valence-electron chi connectivity index (χ1n) is 6.67. The summed E-state index contributed by atoms with van der Waals surface area (Å²) in [5.74, 6) is 0. The van der Waals surface area contributed by atoms with Crippen LogP contribution in [0.15, 0.2) is 42.5 Å². The maximum Gasteiger partial charge on any atom is 0.409 e. The molecule has 0 aliphatic carbocycles. The number of aliphatic hydroxyl groups is 1. The zero-order valence-electron chi connectivity index (χ0n) is 12.4. The third-order valence-electron chi connectivity index (χ3n) is 2.91. The van der Waals surface area contributed by atoms with Gasteiger partial charge in [0.2, 0.25) is 0 Å². The molecule has 1 aromatic rings. The molecule has 0 aliphatic rings. The van der Waals surface area contributed by atoms with Crippen LogP contribution < -0.4 is 0 Å². The normalized spacial score (nSPS) is 13.4. The predicted octanol–water partition coefficient (Wildman–Crippen LogP) is 3.14. The maximum absolute atomic E-state index is 11.4. The molecule has 0 fully saturated rings. The topological polar surface area (TPSA) is 49.8 Å². The van der Waals surface area contributed by atoms with E-state index < -0.39 is 6.10 Å². The van der Waals surface area contributed by atoms with Crippen molar-refractivity contribution in [3.8, 4) is 0 Å². The van der Waals surface area contributed by atoms with Gasteiger partial charge in [-0.25, -0.2) is 4.79 Å². The summed E-state index contributed by atoms with van der Waals surface area (Å²) >= 11 is 0. The highest BCUT2D eigenvalue weighted by Crippen LogP contribution is 2.22. The van der Waals surface area contributed by atoms with E-state index in [9.17, 15) is 9.90 Å². The van der Waals surface area contributed by atoms with Crippen LogP contribution in [-0.4, -0.2) is 36.3 Å². The highest BCUT2D eigenvalue weighted by atomic mass is 16.6. The Hall–Kier alpha value is -1.81. The van der Waals surface area contributed by atoms with Crippen LogP contribution in [0.25, 0.3) is 0 Å². The molecule has 1 amide bonds. The number of ether oxygens (including phenoxy) is 1. The summed E-state index contributed by atoms with van der Waals surface area (Å²) < 4.78 is 5.21. The number of benzene rings is 1. The largest absolute Gasteiger partial charge is 0.446 e. The van der Waals surface area contributed by atoms with E-state index in [0.717, 1.165) is 11.1 Å². The molecule has 110 valence electrons. The molecule has 0 bridgehead atoms. The number of hydrogen-bond donors (Lipinski definition) is 1. The second-order valence-corrected chi connectivity index (χ2v) is 5.17. The molecule has 1 N–H and O–H groups in total. The Kier molecular flexibility index (Phi) is 6.25. The first-order chi connectivity index (χ1) is 9.40. The third-order valence-corrected chi connectivity index (χ3v) is 2.91. The van der Waals surface area contributed by atoms with E-state index in [2.05, 4.69) is 6.58 Å². The summed E-state index contributed by atoms with van der Waals surface area (Å²) in [6.45, 7) is 5.77. The first-order valence-corrected chi connectivity index (χ1v) is 6.67. The van der Waals surface area contributed by atoms with E-state index >= 15 is 0 Å². The summed E-state index contributed by atoms with van der Waals surface area (Å²) in [6, 6.07) is 9.46. The van der Waals surface area contributed by atoms with Gasteiger partial charge in [-0.15, -0.1) is 0 Å². The van der Waals surface area contributed by atoms with Gasteiger partial charge in [-0.05, 0) is 18.9 Å². The molecular weight excluding hydrogens is 254 g/mol. The summed E-state index contributed by atoms with van der Waals surface area (Å²) in [5, 5.41) is 10.1. The Labute approximate surface area is 120 Å². The molecule has 0 heterocycles. The highest BCUT2D eigenvalue weighted by molar-refractivity contribution is 5.66. The molecule has 1 aromatic carbocycles. The number of aliphatic hydroxyl groups excluding tert-OH is 1. The van der Waals surface area contributed by atoms with Gasteiger partial charge in [0.1, 0.15) is 6.10 Å². The van der Waals surface area contributed by atoms with E-state index in [1.807, 2.05) is 37.3 Å². The lowest BCUT2D eigenvalue weighted by Crippen LogP contribution is -2.26. The van der Waals surface area contributed by atoms with E-state index in [-0.39, 0.29) is 12.2 Å². The number of carbonyl (C=O) groups excluding carboxylic acids is 1. The summed E-state index contributed by atoms with van der Waals surface area (Å²) in [7, 11) is 3.28. The molecule has 0 saturated heterocycles. The number of hydrogen-bond acceptors (Lipinski definition) is 3. The van der Waals surface area contributed by atoms with Crippen LogP contribution in [-0.2, 0) is 4.74 Å². The number of amides is 1. The van der Waals surface area contributed by atoms with E-state index in [1.165, 1.54) is 4.90 Å². The molecule has 0 spiro atoms. The fourth-order valence-corrected chi connectivity index (χ4v) is 1.88.